The molecule has 4 rings (SSSR count). The number of alkyl halides is 1. The Kier molecular flexibility index (Phi) is 4.42. The first-order chi connectivity index (χ1) is 11.6. The Morgan fingerprint density at radius 2 is 2.12 bits per heavy atom. The first-order valence-corrected chi connectivity index (χ1v) is 10.9. The number of aryl methyl sites for hydroxylation is 1. The van der Waals surface area contributed by atoms with Gasteiger partial charge in [0.05, 0.1) is 7.11 Å². The zero-order valence-corrected chi connectivity index (χ0v) is 16.8. The fraction of sp³-hybridized carbons (Fsp3) is 0.667. The highest BCUT2D eigenvalue weighted by Gasteiger charge is 2.57. The van der Waals surface area contributed by atoms with Crippen molar-refractivity contribution < 1.29 is 9.53 Å². The number of methoxy groups -OCH3 is 1. The summed E-state index contributed by atoms with van der Waals surface area (Å²) in [4.78, 5) is 12.3. The topological polar surface area (TPSA) is 26.3 Å². The van der Waals surface area contributed by atoms with Gasteiger partial charge in [0.25, 0.3) is 0 Å². The zero-order chi connectivity index (χ0) is 16.9. The third kappa shape index (κ3) is 2.37. The van der Waals surface area contributed by atoms with Crippen LogP contribution < -0.4 is 4.74 Å². The lowest BCUT2D eigenvalue weighted by Gasteiger charge is -2.51. The maximum atomic E-state index is 12.3. The molecule has 0 heterocycles. The third-order valence-electron chi connectivity index (χ3n) is 7.39. The average Bonchev–Trinajstić information content (AvgIpc) is 3.01. The Bertz CT molecular complexity index is 655. The highest BCUT2D eigenvalue weighted by atomic mass is 127. The van der Waals surface area contributed by atoms with Gasteiger partial charge < -0.3 is 4.74 Å². The van der Waals surface area contributed by atoms with Crippen molar-refractivity contribution in [3.8, 4) is 5.75 Å². The minimum Gasteiger partial charge on any atom is -0.497 e. The van der Waals surface area contributed by atoms with Crippen molar-refractivity contribution in [2.75, 3.05) is 11.5 Å². The molecule has 130 valence electrons. The second-order valence-corrected chi connectivity index (χ2v) is 8.89. The van der Waals surface area contributed by atoms with E-state index in [9.17, 15) is 4.79 Å². The number of carbonyl (C=O) groups is 1. The summed E-state index contributed by atoms with van der Waals surface area (Å²) in [6.07, 6.45) is 7.34. The maximum absolute atomic E-state index is 12.3. The summed E-state index contributed by atoms with van der Waals surface area (Å²) >= 11 is 2.57. The molecule has 0 saturated heterocycles. The number of carbonyl (C=O) groups excluding carboxylic acids is 1. The molecule has 0 N–H and O–H groups in total. The molecule has 2 fully saturated rings. The monoisotopic (exact) mass is 438 g/mol. The number of hydrogen-bond donors (Lipinski definition) is 0. The number of ether oxygens (including phenoxy) is 1. The van der Waals surface area contributed by atoms with E-state index in [0.29, 0.717) is 17.6 Å². The van der Waals surface area contributed by atoms with Crippen molar-refractivity contribution in [3.05, 3.63) is 29.3 Å². The summed E-state index contributed by atoms with van der Waals surface area (Å²) in [7, 11) is 1.75. The van der Waals surface area contributed by atoms with E-state index in [1.54, 1.807) is 12.7 Å². The Morgan fingerprint density at radius 3 is 2.83 bits per heavy atom. The molecule has 5 atom stereocenters. The second-order valence-electron chi connectivity index (χ2n) is 8.13. The highest BCUT2D eigenvalue weighted by Crippen LogP contribution is 2.63. The van der Waals surface area contributed by atoms with Crippen LogP contribution in [-0.4, -0.2) is 17.3 Å². The molecule has 3 aliphatic carbocycles. The van der Waals surface area contributed by atoms with Gasteiger partial charge in [-0.15, -0.1) is 0 Å². The fourth-order valence-corrected chi connectivity index (χ4v) is 7.84. The van der Waals surface area contributed by atoms with Gasteiger partial charge in [-0.25, -0.2) is 0 Å². The van der Waals surface area contributed by atoms with Gasteiger partial charge in [-0.3, -0.25) is 4.79 Å². The van der Waals surface area contributed by atoms with Crippen molar-refractivity contribution in [3.63, 3.8) is 0 Å². The molecule has 0 amide bonds. The molecule has 0 radical (unpaired) electrons. The van der Waals surface area contributed by atoms with Crippen molar-refractivity contribution in [1.82, 2.24) is 0 Å². The van der Waals surface area contributed by atoms with E-state index in [0.717, 1.165) is 28.4 Å². The summed E-state index contributed by atoms with van der Waals surface area (Å²) < 4.78 is 6.57. The molecule has 0 spiro atoms. The summed E-state index contributed by atoms with van der Waals surface area (Å²) in [5.74, 6) is 3.97. The van der Waals surface area contributed by atoms with Gasteiger partial charge >= 0.3 is 0 Å². The number of Topliss-reactive ketones (excluding diaryl/α,β-unsaturated/α-hetero) is 1. The Morgan fingerprint density at radius 1 is 1.29 bits per heavy atom. The van der Waals surface area contributed by atoms with Crippen LogP contribution in [0.5, 0.6) is 5.75 Å². The summed E-state index contributed by atoms with van der Waals surface area (Å²) in [5, 5.41) is 0. The number of fused-ring (bicyclic) bond motifs is 5. The quantitative estimate of drug-likeness (QED) is 0.481. The van der Waals surface area contributed by atoms with Crippen molar-refractivity contribution >= 4 is 28.4 Å². The van der Waals surface area contributed by atoms with Gasteiger partial charge in [0.2, 0.25) is 0 Å². The molecule has 0 unspecified atom stereocenters. The van der Waals surface area contributed by atoms with E-state index in [-0.39, 0.29) is 5.41 Å². The summed E-state index contributed by atoms with van der Waals surface area (Å²) in [6.45, 7) is 1.83. The van der Waals surface area contributed by atoms with Crippen LogP contribution in [0.1, 0.15) is 56.1 Å². The predicted octanol–water partition coefficient (Wildman–Crippen LogP) is 5.17. The zero-order valence-electron chi connectivity index (χ0n) is 14.7. The molecule has 0 aromatic heterocycles. The molecule has 3 heteroatoms. The Labute approximate surface area is 158 Å². The summed E-state index contributed by atoms with van der Waals surface area (Å²) in [5.41, 5.74) is 3.36. The number of hydrogen-bond acceptors (Lipinski definition) is 2. The van der Waals surface area contributed by atoms with Crippen molar-refractivity contribution in [2.45, 2.75) is 51.4 Å². The summed E-state index contributed by atoms with van der Waals surface area (Å²) in [6, 6.07) is 6.70. The lowest BCUT2D eigenvalue weighted by atomic mass is 9.54. The molecule has 0 bridgehead atoms. The van der Waals surface area contributed by atoms with Gasteiger partial charge in [0, 0.05) is 10.3 Å². The van der Waals surface area contributed by atoms with Gasteiger partial charge in [0.1, 0.15) is 11.5 Å². The van der Waals surface area contributed by atoms with Crippen LogP contribution in [0.15, 0.2) is 18.2 Å². The van der Waals surface area contributed by atoms with E-state index in [2.05, 4.69) is 40.8 Å². The largest absolute Gasteiger partial charge is 0.497 e. The van der Waals surface area contributed by atoms with E-state index in [1.165, 1.54) is 37.7 Å². The van der Waals surface area contributed by atoms with E-state index in [1.807, 2.05) is 6.92 Å². The minimum atomic E-state index is 0.289. The van der Waals surface area contributed by atoms with Crippen molar-refractivity contribution in [1.29, 1.82) is 0 Å². The van der Waals surface area contributed by atoms with Crippen LogP contribution in [0.25, 0.3) is 0 Å². The molecular formula is C21H27IO2. The first kappa shape index (κ1) is 16.9. The molecule has 3 aliphatic rings. The third-order valence-corrected chi connectivity index (χ3v) is 8.81. The van der Waals surface area contributed by atoms with Crippen LogP contribution in [-0.2, 0) is 11.2 Å². The lowest BCUT2D eigenvalue weighted by molar-refractivity contribution is -0.125. The van der Waals surface area contributed by atoms with Crippen LogP contribution in [0.4, 0.5) is 0 Å². The van der Waals surface area contributed by atoms with Gasteiger partial charge in [-0.2, -0.15) is 0 Å². The van der Waals surface area contributed by atoms with Crippen LogP contribution in [0, 0.1) is 23.2 Å². The average molecular weight is 438 g/mol. The number of benzene rings is 1. The van der Waals surface area contributed by atoms with Gasteiger partial charge in [-0.1, -0.05) is 28.7 Å². The van der Waals surface area contributed by atoms with E-state index >= 15 is 0 Å². The number of ketones is 1. The normalized spacial score (nSPS) is 37.3. The van der Waals surface area contributed by atoms with E-state index in [4.69, 9.17) is 4.74 Å². The lowest BCUT2D eigenvalue weighted by Crippen LogP contribution is -2.46. The maximum Gasteiger partial charge on any atom is 0.133 e. The van der Waals surface area contributed by atoms with Crippen LogP contribution in [0.2, 0.25) is 0 Å². The Hall–Kier alpha value is -0.580. The molecule has 2 nitrogen and oxygen atoms in total. The molecule has 24 heavy (non-hydrogen) atoms. The van der Waals surface area contributed by atoms with Crippen LogP contribution >= 0.6 is 22.6 Å². The molecular weight excluding hydrogens is 411 g/mol. The minimum absolute atomic E-state index is 0.289. The number of halogens is 1. The number of rotatable bonds is 3. The molecule has 1 aromatic carbocycles. The molecule has 2 saturated carbocycles. The highest BCUT2D eigenvalue weighted by molar-refractivity contribution is 14.1. The smallest absolute Gasteiger partial charge is 0.133 e. The predicted molar refractivity (Wildman–Crippen MR) is 105 cm³/mol. The van der Waals surface area contributed by atoms with Crippen LogP contribution in [0.3, 0.4) is 0 Å². The standard InChI is InChI=1S/C21H27IO2/c1-13(23)19-7-8-20-18-5-3-14-11-15(24-2)4-6-16(14)17(18)9-10-21(19,20)12-22/h4,6,11,17-20H,3,5,7-10,12H2,1-2H3/t17-,18-,19-,20+,21+/m1/s1. The Balaban J connectivity index is 1.68. The van der Waals surface area contributed by atoms with Crippen molar-refractivity contribution in [2.24, 2.45) is 23.2 Å². The first-order valence-electron chi connectivity index (χ1n) is 9.34. The van der Waals surface area contributed by atoms with Gasteiger partial charge in [0.15, 0.2) is 0 Å². The second kappa shape index (κ2) is 6.30. The van der Waals surface area contributed by atoms with Gasteiger partial charge in [-0.05, 0) is 91.9 Å². The SMILES string of the molecule is COc1ccc2c(c1)CC[C@@H]1[C@@H]2CC[C@]2(CI)[C@@H](C(C)=O)CC[C@@H]12. The van der Waals surface area contributed by atoms with E-state index < -0.39 is 0 Å². The fourth-order valence-electron chi connectivity index (χ4n) is 6.36. The molecule has 0 aliphatic heterocycles. The molecule has 1 aromatic rings.